The van der Waals surface area contributed by atoms with Crippen LogP contribution in [0.1, 0.15) is 6.92 Å². The van der Waals surface area contributed by atoms with Gasteiger partial charge in [0.2, 0.25) is 0 Å². The average Bonchev–Trinajstić information content (AvgIpc) is 2.08. The van der Waals surface area contributed by atoms with Gasteiger partial charge in [-0.1, -0.05) is 12.2 Å². The largest absolute Gasteiger partial charge is 0.311 e. The van der Waals surface area contributed by atoms with Gasteiger partial charge in [0, 0.05) is 12.7 Å². The molecule has 0 spiro atoms. The summed E-state index contributed by atoms with van der Waals surface area (Å²) in [6, 6.07) is 3.59. The van der Waals surface area contributed by atoms with Gasteiger partial charge in [0.15, 0.2) is 0 Å². The summed E-state index contributed by atoms with van der Waals surface area (Å²) in [5.41, 5.74) is 0.00981. The highest BCUT2D eigenvalue weighted by atomic mass is 79.9. The monoisotopic (exact) mass is 227 g/mol. The summed E-state index contributed by atoms with van der Waals surface area (Å²) in [7, 11) is 0. The third kappa shape index (κ3) is 2.08. The predicted octanol–water partition coefficient (Wildman–Crippen LogP) is 2.19. The van der Waals surface area contributed by atoms with Crippen LogP contribution in [0.25, 0.3) is 0 Å². The van der Waals surface area contributed by atoms with E-state index < -0.39 is 0 Å². The fourth-order valence-corrected chi connectivity index (χ4v) is 1.25. The Labute approximate surface area is 79.7 Å². The van der Waals surface area contributed by atoms with Crippen LogP contribution in [-0.2, 0) is 6.54 Å². The van der Waals surface area contributed by atoms with E-state index in [-0.39, 0.29) is 5.56 Å². The van der Waals surface area contributed by atoms with Crippen LogP contribution in [0.4, 0.5) is 0 Å². The summed E-state index contributed by atoms with van der Waals surface area (Å²) < 4.78 is 2.25. The normalized spacial score (nSPS) is 10.8. The molecule has 0 radical (unpaired) electrons. The molecular weight excluding hydrogens is 218 g/mol. The van der Waals surface area contributed by atoms with Gasteiger partial charge in [-0.25, -0.2) is 0 Å². The van der Waals surface area contributed by atoms with Gasteiger partial charge in [0.25, 0.3) is 5.56 Å². The quantitative estimate of drug-likeness (QED) is 0.711. The molecule has 1 rings (SSSR count). The summed E-state index contributed by atoms with van der Waals surface area (Å²) in [5.74, 6) is 0. The van der Waals surface area contributed by atoms with Gasteiger partial charge in [0.05, 0.1) is 4.47 Å². The summed E-state index contributed by atoms with van der Waals surface area (Å²) >= 11 is 3.18. The Bertz CT molecular complexity index is 341. The molecule has 12 heavy (non-hydrogen) atoms. The van der Waals surface area contributed by atoms with E-state index in [0.29, 0.717) is 11.0 Å². The fourth-order valence-electron chi connectivity index (χ4n) is 0.870. The van der Waals surface area contributed by atoms with Gasteiger partial charge in [-0.3, -0.25) is 4.79 Å². The second kappa shape index (κ2) is 4.26. The third-order valence-electron chi connectivity index (χ3n) is 1.51. The maximum Gasteiger partial charge on any atom is 0.265 e. The standard InChI is InChI=1S/C9H10BrNO/c1-2-3-6-11-7-4-5-8(10)9(11)12/h2-5,7H,6H2,1H3/b3-2+. The molecule has 3 heteroatoms. The van der Waals surface area contributed by atoms with Crippen molar-refractivity contribution in [1.82, 2.24) is 4.57 Å². The summed E-state index contributed by atoms with van der Waals surface area (Å²) in [5, 5.41) is 0. The van der Waals surface area contributed by atoms with Crippen LogP contribution in [0.3, 0.4) is 0 Å². The first-order chi connectivity index (χ1) is 5.75. The molecule has 1 heterocycles. The Morgan fingerprint density at radius 3 is 3.08 bits per heavy atom. The number of pyridine rings is 1. The second-order valence-corrected chi connectivity index (χ2v) is 3.24. The minimum atomic E-state index is 0.00981. The highest BCUT2D eigenvalue weighted by Crippen LogP contribution is 2.00. The van der Waals surface area contributed by atoms with Crippen molar-refractivity contribution in [3.8, 4) is 0 Å². The van der Waals surface area contributed by atoms with Crippen LogP contribution in [0.2, 0.25) is 0 Å². The van der Waals surface area contributed by atoms with E-state index in [1.54, 1.807) is 16.8 Å². The van der Waals surface area contributed by atoms with E-state index >= 15 is 0 Å². The molecule has 2 nitrogen and oxygen atoms in total. The Morgan fingerprint density at radius 2 is 2.42 bits per heavy atom. The zero-order valence-electron chi connectivity index (χ0n) is 6.83. The maximum absolute atomic E-state index is 11.4. The molecule has 0 N–H and O–H groups in total. The second-order valence-electron chi connectivity index (χ2n) is 2.38. The lowest BCUT2D eigenvalue weighted by molar-refractivity contribution is 0.773. The topological polar surface area (TPSA) is 22.0 Å². The van der Waals surface area contributed by atoms with Crippen LogP contribution in [0.5, 0.6) is 0 Å². The lowest BCUT2D eigenvalue weighted by atomic mass is 10.4. The first-order valence-corrected chi connectivity index (χ1v) is 4.51. The van der Waals surface area contributed by atoms with Crippen molar-refractivity contribution < 1.29 is 0 Å². The average molecular weight is 228 g/mol. The number of halogens is 1. The number of hydrogen-bond acceptors (Lipinski definition) is 1. The van der Waals surface area contributed by atoms with Gasteiger partial charge >= 0.3 is 0 Å². The van der Waals surface area contributed by atoms with Gasteiger partial charge < -0.3 is 4.57 Å². The van der Waals surface area contributed by atoms with Crippen LogP contribution < -0.4 is 5.56 Å². The summed E-state index contributed by atoms with van der Waals surface area (Å²) in [6.45, 7) is 2.57. The molecule has 0 atom stereocenters. The van der Waals surface area contributed by atoms with E-state index in [1.807, 2.05) is 25.1 Å². The van der Waals surface area contributed by atoms with E-state index in [0.717, 1.165) is 0 Å². The zero-order valence-corrected chi connectivity index (χ0v) is 8.41. The van der Waals surface area contributed by atoms with Crippen molar-refractivity contribution in [2.24, 2.45) is 0 Å². The molecule has 0 saturated heterocycles. The van der Waals surface area contributed by atoms with Crippen LogP contribution in [0, 0.1) is 0 Å². The smallest absolute Gasteiger partial charge is 0.265 e. The molecule has 0 bridgehead atoms. The molecule has 0 amide bonds. The molecule has 1 aromatic heterocycles. The molecule has 0 saturated carbocycles. The van der Waals surface area contributed by atoms with Gasteiger partial charge in [-0.05, 0) is 35.0 Å². The predicted molar refractivity (Wildman–Crippen MR) is 53.2 cm³/mol. The minimum absolute atomic E-state index is 0.00981. The summed E-state index contributed by atoms with van der Waals surface area (Å²) in [4.78, 5) is 11.4. The van der Waals surface area contributed by atoms with Crippen molar-refractivity contribution in [2.45, 2.75) is 13.5 Å². The van der Waals surface area contributed by atoms with E-state index in [1.165, 1.54) is 0 Å². The number of rotatable bonds is 2. The SMILES string of the molecule is C/C=C/Cn1cccc(Br)c1=O. The third-order valence-corrected chi connectivity index (χ3v) is 2.12. The van der Waals surface area contributed by atoms with Crippen molar-refractivity contribution >= 4 is 15.9 Å². The van der Waals surface area contributed by atoms with Crippen LogP contribution in [-0.4, -0.2) is 4.57 Å². The number of hydrogen-bond donors (Lipinski definition) is 0. The molecule has 0 aromatic carbocycles. The number of aromatic nitrogens is 1. The van der Waals surface area contributed by atoms with Gasteiger partial charge in [-0.2, -0.15) is 0 Å². The number of allylic oxidation sites excluding steroid dienone is 2. The van der Waals surface area contributed by atoms with E-state index in [9.17, 15) is 4.79 Å². The van der Waals surface area contributed by atoms with E-state index in [2.05, 4.69) is 15.9 Å². The van der Waals surface area contributed by atoms with Crippen molar-refractivity contribution in [1.29, 1.82) is 0 Å². The Balaban J connectivity index is 3.00. The first-order valence-electron chi connectivity index (χ1n) is 3.72. The van der Waals surface area contributed by atoms with Crippen molar-refractivity contribution in [3.63, 3.8) is 0 Å². The molecule has 0 aliphatic rings. The van der Waals surface area contributed by atoms with Crippen LogP contribution >= 0.6 is 15.9 Å². The molecular formula is C9H10BrNO. The molecule has 1 aromatic rings. The maximum atomic E-state index is 11.4. The number of nitrogens with zero attached hydrogens (tertiary/aromatic N) is 1. The van der Waals surface area contributed by atoms with Crippen LogP contribution in [0.15, 0.2) is 39.7 Å². The Kier molecular flexibility index (Phi) is 3.29. The van der Waals surface area contributed by atoms with Gasteiger partial charge in [0.1, 0.15) is 0 Å². The summed E-state index contributed by atoms with van der Waals surface area (Å²) in [6.07, 6.45) is 5.63. The first kappa shape index (κ1) is 9.26. The van der Waals surface area contributed by atoms with Gasteiger partial charge in [-0.15, -0.1) is 0 Å². The highest BCUT2D eigenvalue weighted by molar-refractivity contribution is 9.10. The molecule has 0 aliphatic heterocycles. The Morgan fingerprint density at radius 1 is 1.67 bits per heavy atom. The highest BCUT2D eigenvalue weighted by Gasteiger charge is 1.96. The van der Waals surface area contributed by atoms with Crippen molar-refractivity contribution in [3.05, 3.63) is 45.3 Å². The minimum Gasteiger partial charge on any atom is -0.311 e. The molecule has 0 aliphatic carbocycles. The zero-order chi connectivity index (χ0) is 8.97. The molecule has 64 valence electrons. The Hall–Kier alpha value is -0.830. The molecule has 0 fully saturated rings. The molecule has 0 unspecified atom stereocenters. The van der Waals surface area contributed by atoms with E-state index in [4.69, 9.17) is 0 Å². The van der Waals surface area contributed by atoms with Crippen molar-refractivity contribution in [2.75, 3.05) is 0 Å². The fraction of sp³-hybridized carbons (Fsp3) is 0.222. The lowest BCUT2D eigenvalue weighted by Crippen LogP contribution is -2.18. The lowest BCUT2D eigenvalue weighted by Gasteiger charge is -2.00.